The van der Waals surface area contributed by atoms with Crippen molar-refractivity contribution in [2.45, 2.75) is 13.8 Å². The van der Waals surface area contributed by atoms with Gasteiger partial charge in [0.05, 0.1) is 52.3 Å². The Bertz CT molecular complexity index is 1370. The lowest BCUT2D eigenvalue weighted by atomic mass is 10.1. The van der Waals surface area contributed by atoms with Crippen molar-refractivity contribution in [1.29, 1.82) is 0 Å². The summed E-state index contributed by atoms with van der Waals surface area (Å²) in [5.41, 5.74) is 4.05. The van der Waals surface area contributed by atoms with Crippen molar-refractivity contribution in [2.75, 3.05) is 40.9 Å². The summed E-state index contributed by atoms with van der Waals surface area (Å²) in [6.07, 6.45) is 0. The summed E-state index contributed by atoms with van der Waals surface area (Å²) < 4.78 is 29.3. The number of hydrogen-bond acceptors (Lipinski definition) is 9. The van der Waals surface area contributed by atoms with E-state index in [9.17, 15) is 0 Å². The lowest BCUT2D eigenvalue weighted by Crippen LogP contribution is -2.03. The first-order valence-electron chi connectivity index (χ1n) is 10.9. The van der Waals surface area contributed by atoms with Crippen molar-refractivity contribution in [2.24, 2.45) is 7.05 Å². The second kappa shape index (κ2) is 9.57. The number of methoxy groups -OCH3 is 5. The molecule has 0 atom stereocenters. The molecule has 0 aliphatic heterocycles. The molecule has 35 heavy (non-hydrogen) atoms. The van der Waals surface area contributed by atoms with Gasteiger partial charge >= 0.3 is 0 Å². The third-order valence-electron chi connectivity index (χ3n) is 5.86. The van der Waals surface area contributed by atoms with Gasteiger partial charge in [0.15, 0.2) is 28.8 Å². The lowest BCUT2D eigenvalue weighted by molar-refractivity contribution is 0.324. The van der Waals surface area contributed by atoms with E-state index in [1.54, 1.807) is 35.5 Å². The van der Waals surface area contributed by atoms with Crippen molar-refractivity contribution >= 4 is 22.4 Å². The molecule has 0 unspecified atom stereocenters. The summed E-state index contributed by atoms with van der Waals surface area (Å²) in [7, 11) is 9.80. The van der Waals surface area contributed by atoms with Crippen LogP contribution in [-0.4, -0.2) is 55.3 Å². The zero-order valence-corrected chi connectivity index (χ0v) is 21.1. The standard InChI is InChI=1S/C25H29N5O5/c1-13-22(14(2)30(3)29-13)25-27-17-12-19(32-5)18(31-4)11-16(17)24(28-25)26-15-9-20(33-6)23(35-8)21(10-15)34-7/h9-12H,1-8H3,(H,26,27,28). The maximum atomic E-state index is 5.53. The highest BCUT2D eigenvalue weighted by atomic mass is 16.5. The molecule has 4 rings (SSSR count). The third kappa shape index (κ3) is 4.23. The van der Waals surface area contributed by atoms with Gasteiger partial charge in [0.1, 0.15) is 5.82 Å². The van der Waals surface area contributed by atoms with E-state index >= 15 is 0 Å². The molecule has 0 fully saturated rings. The molecule has 2 aromatic carbocycles. The number of rotatable bonds is 8. The van der Waals surface area contributed by atoms with Crippen LogP contribution in [0.1, 0.15) is 11.4 Å². The van der Waals surface area contributed by atoms with Gasteiger partial charge in [-0.1, -0.05) is 0 Å². The number of anilines is 2. The van der Waals surface area contributed by atoms with Gasteiger partial charge in [-0.3, -0.25) is 4.68 Å². The summed E-state index contributed by atoms with van der Waals surface area (Å²) in [5.74, 6) is 3.80. The summed E-state index contributed by atoms with van der Waals surface area (Å²) in [6, 6.07) is 7.31. The molecule has 0 bridgehead atoms. The Morgan fingerprint density at radius 3 is 1.86 bits per heavy atom. The smallest absolute Gasteiger partial charge is 0.203 e. The van der Waals surface area contributed by atoms with Crippen LogP contribution >= 0.6 is 0 Å². The van der Waals surface area contributed by atoms with E-state index in [0.29, 0.717) is 51.6 Å². The van der Waals surface area contributed by atoms with Gasteiger partial charge in [-0.05, 0) is 19.9 Å². The van der Waals surface area contributed by atoms with Gasteiger partial charge in [-0.25, -0.2) is 9.97 Å². The van der Waals surface area contributed by atoms with Crippen LogP contribution in [0.5, 0.6) is 28.7 Å². The Morgan fingerprint density at radius 1 is 0.743 bits per heavy atom. The number of nitrogens with one attached hydrogen (secondary N) is 1. The quantitative estimate of drug-likeness (QED) is 0.393. The minimum atomic E-state index is 0.502. The molecule has 2 heterocycles. The van der Waals surface area contributed by atoms with Crippen molar-refractivity contribution in [3.63, 3.8) is 0 Å². The second-order valence-electron chi connectivity index (χ2n) is 7.83. The molecule has 0 aliphatic carbocycles. The maximum absolute atomic E-state index is 5.53. The van der Waals surface area contributed by atoms with E-state index in [1.807, 2.05) is 49.8 Å². The Kier molecular flexibility index (Phi) is 6.54. The molecule has 0 spiro atoms. The molecule has 0 amide bonds. The van der Waals surface area contributed by atoms with E-state index < -0.39 is 0 Å². The molecule has 1 N–H and O–H groups in total. The minimum absolute atomic E-state index is 0.502. The summed E-state index contributed by atoms with van der Waals surface area (Å²) in [6.45, 7) is 3.93. The number of hydrogen-bond donors (Lipinski definition) is 1. The van der Waals surface area contributed by atoms with Crippen LogP contribution in [0.15, 0.2) is 24.3 Å². The number of aryl methyl sites for hydroxylation is 2. The highest BCUT2D eigenvalue weighted by molar-refractivity contribution is 5.95. The molecule has 0 saturated carbocycles. The minimum Gasteiger partial charge on any atom is -0.493 e. The molecule has 10 nitrogen and oxygen atoms in total. The number of nitrogens with zero attached hydrogens (tertiary/aromatic N) is 4. The zero-order valence-electron chi connectivity index (χ0n) is 21.1. The molecule has 0 aliphatic rings. The van der Waals surface area contributed by atoms with Gasteiger partial charge in [0.25, 0.3) is 0 Å². The van der Waals surface area contributed by atoms with Gasteiger partial charge in [0.2, 0.25) is 5.75 Å². The average Bonchev–Trinajstić information content (AvgIpc) is 3.12. The summed E-state index contributed by atoms with van der Waals surface area (Å²) in [5, 5.41) is 8.68. The molecular weight excluding hydrogens is 450 g/mol. The van der Waals surface area contributed by atoms with Crippen LogP contribution in [0.2, 0.25) is 0 Å². The van der Waals surface area contributed by atoms with E-state index in [4.69, 9.17) is 33.7 Å². The normalized spacial score (nSPS) is 10.9. The zero-order chi connectivity index (χ0) is 25.3. The fourth-order valence-corrected chi connectivity index (χ4v) is 4.05. The van der Waals surface area contributed by atoms with Crippen LogP contribution < -0.4 is 29.0 Å². The number of fused-ring (bicyclic) bond motifs is 1. The van der Waals surface area contributed by atoms with Crippen molar-refractivity contribution < 1.29 is 23.7 Å². The first-order valence-corrected chi connectivity index (χ1v) is 10.9. The van der Waals surface area contributed by atoms with Crippen molar-refractivity contribution in [3.8, 4) is 40.1 Å². The number of ether oxygens (including phenoxy) is 5. The van der Waals surface area contributed by atoms with E-state index in [1.165, 1.54) is 0 Å². The monoisotopic (exact) mass is 479 g/mol. The molecular formula is C25H29N5O5. The molecule has 4 aromatic rings. The highest BCUT2D eigenvalue weighted by Gasteiger charge is 2.20. The van der Waals surface area contributed by atoms with Crippen LogP contribution in [0.3, 0.4) is 0 Å². The van der Waals surface area contributed by atoms with Crippen molar-refractivity contribution in [3.05, 3.63) is 35.7 Å². The largest absolute Gasteiger partial charge is 0.493 e. The third-order valence-corrected chi connectivity index (χ3v) is 5.86. The van der Waals surface area contributed by atoms with Gasteiger partial charge in [-0.2, -0.15) is 5.10 Å². The maximum Gasteiger partial charge on any atom is 0.203 e. The predicted octanol–water partition coefficient (Wildman–Crippen LogP) is 4.43. The molecule has 184 valence electrons. The summed E-state index contributed by atoms with van der Waals surface area (Å²) in [4.78, 5) is 9.75. The SMILES string of the molecule is COc1cc2nc(-c3c(C)nn(C)c3C)nc(Nc3cc(OC)c(OC)c(OC)c3)c2cc1OC. The predicted molar refractivity (Wildman–Crippen MR) is 134 cm³/mol. The topological polar surface area (TPSA) is 102 Å². The van der Waals surface area contributed by atoms with Crippen LogP contribution in [-0.2, 0) is 7.05 Å². The fraction of sp³-hybridized carbons (Fsp3) is 0.320. The van der Waals surface area contributed by atoms with Crippen molar-refractivity contribution in [1.82, 2.24) is 19.7 Å². The van der Waals surface area contributed by atoms with Gasteiger partial charge in [0, 0.05) is 42.0 Å². The summed E-state index contributed by atoms with van der Waals surface area (Å²) >= 11 is 0. The van der Waals surface area contributed by atoms with Gasteiger partial charge < -0.3 is 29.0 Å². The van der Waals surface area contributed by atoms with E-state index in [-0.39, 0.29) is 0 Å². The van der Waals surface area contributed by atoms with E-state index in [0.717, 1.165) is 22.3 Å². The highest BCUT2D eigenvalue weighted by Crippen LogP contribution is 2.42. The first kappa shape index (κ1) is 23.9. The number of aromatic nitrogens is 4. The first-order chi connectivity index (χ1) is 16.8. The molecule has 10 heteroatoms. The Balaban J connectivity index is 1.96. The Morgan fingerprint density at radius 2 is 1.34 bits per heavy atom. The van der Waals surface area contributed by atoms with Crippen LogP contribution in [0.25, 0.3) is 22.3 Å². The lowest BCUT2D eigenvalue weighted by Gasteiger charge is -2.17. The molecule has 0 radical (unpaired) electrons. The fourth-order valence-electron chi connectivity index (χ4n) is 4.05. The average molecular weight is 480 g/mol. The molecule has 0 saturated heterocycles. The Labute approximate surface area is 203 Å². The number of benzene rings is 2. The van der Waals surface area contributed by atoms with Crippen LogP contribution in [0.4, 0.5) is 11.5 Å². The molecule has 2 aromatic heterocycles. The Hall–Kier alpha value is -4.21. The van der Waals surface area contributed by atoms with Crippen LogP contribution in [0, 0.1) is 13.8 Å². The van der Waals surface area contributed by atoms with Gasteiger partial charge in [-0.15, -0.1) is 0 Å². The second-order valence-corrected chi connectivity index (χ2v) is 7.83. The van der Waals surface area contributed by atoms with E-state index in [2.05, 4.69) is 10.4 Å².